The normalized spacial score (nSPS) is 15.9. The van der Waals surface area contributed by atoms with Gasteiger partial charge in [-0.3, -0.25) is 4.98 Å². The number of imidazole rings is 1. The average Bonchev–Trinajstić information content (AvgIpc) is 3.01. The predicted octanol–water partition coefficient (Wildman–Crippen LogP) is 1.94. The van der Waals surface area contributed by atoms with Gasteiger partial charge in [-0.05, 0) is 19.1 Å². The molecule has 0 atom stereocenters. The van der Waals surface area contributed by atoms with Crippen LogP contribution in [-0.2, 0) is 17.4 Å². The van der Waals surface area contributed by atoms with Crippen LogP contribution in [0.25, 0.3) is 11.5 Å². The molecule has 1 saturated heterocycles. The van der Waals surface area contributed by atoms with Crippen molar-refractivity contribution in [1.29, 1.82) is 0 Å². The quantitative estimate of drug-likeness (QED) is 0.725. The van der Waals surface area contributed by atoms with Gasteiger partial charge in [0.25, 0.3) is 0 Å². The summed E-state index contributed by atoms with van der Waals surface area (Å²) in [6, 6.07) is 7.73. The van der Waals surface area contributed by atoms with Crippen LogP contribution in [-0.4, -0.2) is 44.7 Å². The lowest BCUT2D eigenvalue weighted by Gasteiger charge is -2.48. The van der Waals surface area contributed by atoms with Gasteiger partial charge in [0.15, 0.2) is 11.4 Å². The van der Waals surface area contributed by atoms with Crippen molar-refractivity contribution >= 4 is 5.82 Å². The van der Waals surface area contributed by atoms with Gasteiger partial charge >= 0.3 is 0 Å². The first-order valence-corrected chi connectivity index (χ1v) is 8.16. The van der Waals surface area contributed by atoms with Crippen molar-refractivity contribution in [2.24, 2.45) is 7.05 Å². The first kappa shape index (κ1) is 15.7. The first-order chi connectivity index (χ1) is 12.1. The van der Waals surface area contributed by atoms with Crippen molar-refractivity contribution in [3.05, 3.63) is 54.4 Å². The largest absolute Gasteiger partial charge is 0.367 e. The van der Waals surface area contributed by atoms with E-state index >= 15 is 0 Å². The SMILES string of the molecule is COC1(c2nccn2C)CN(c2cc(C)nc(-c3ccccn3)n2)C1. The van der Waals surface area contributed by atoms with E-state index in [0.29, 0.717) is 18.9 Å². The minimum absolute atomic E-state index is 0.401. The molecular formula is C18H20N6O. The Morgan fingerprint density at radius 3 is 2.60 bits per heavy atom. The van der Waals surface area contributed by atoms with Crippen LogP contribution in [0.4, 0.5) is 5.82 Å². The summed E-state index contributed by atoms with van der Waals surface area (Å²) in [4.78, 5) is 20.2. The van der Waals surface area contributed by atoms with Gasteiger partial charge in [0.1, 0.15) is 17.3 Å². The number of anilines is 1. The van der Waals surface area contributed by atoms with Crippen molar-refractivity contribution in [1.82, 2.24) is 24.5 Å². The summed E-state index contributed by atoms with van der Waals surface area (Å²) in [5, 5.41) is 0. The van der Waals surface area contributed by atoms with Gasteiger partial charge in [0.2, 0.25) is 0 Å². The number of pyridine rings is 1. The second-order valence-electron chi connectivity index (χ2n) is 6.32. The number of aromatic nitrogens is 5. The maximum Gasteiger partial charge on any atom is 0.180 e. The number of hydrogen-bond acceptors (Lipinski definition) is 6. The monoisotopic (exact) mass is 336 g/mol. The standard InChI is InChI=1S/C18H20N6O/c1-13-10-15(22-16(21-13)14-6-4-5-7-19-14)24-11-18(12-24,25-3)17-20-8-9-23(17)2/h4-10H,11-12H2,1-3H3. The third-order valence-electron chi connectivity index (χ3n) is 4.57. The second kappa shape index (κ2) is 5.93. The number of ether oxygens (including phenoxy) is 1. The highest BCUT2D eigenvalue weighted by Gasteiger charge is 2.48. The van der Waals surface area contributed by atoms with E-state index in [1.165, 1.54) is 0 Å². The molecule has 3 aromatic heterocycles. The van der Waals surface area contributed by atoms with E-state index < -0.39 is 5.60 Å². The molecule has 0 spiro atoms. The molecule has 4 heterocycles. The summed E-state index contributed by atoms with van der Waals surface area (Å²) < 4.78 is 7.82. The molecule has 0 bridgehead atoms. The molecule has 0 radical (unpaired) electrons. The molecule has 3 aromatic rings. The molecule has 4 rings (SSSR count). The zero-order valence-corrected chi connectivity index (χ0v) is 14.5. The Bertz CT molecular complexity index is 886. The topological polar surface area (TPSA) is 69.0 Å². The lowest BCUT2D eigenvalue weighted by molar-refractivity contribution is -0.0476. The third kappa shape index (κ3) is 2.66. The van der Waals surface area contributed by atoms with E-state index in [0.717, 1.165) is 23.0 Å². The summed E-state index contributed by atoms with van der Waals surface area (Å²) in [6.07, 6.45) is 5.49. The average molecular weight is 336 g/mol. The number of nitrogens with zero attached hydrogens (tertiary/aromatic N) is 6. The maximum atomic E-state index is 5.82. The smallest absolute Gasteiger partial charge is 0.180 e. The van der Waals surface area contributed by atoms with Crippen LogP contribution in [0, 0.1) is 6.92 Å². The second-order valence-corrected chi connectivity index (χ2v) is 6.32. The summed E-state index contributed by atoms with van der Waals surface area (Å²) in [7, 11) is 3.72. The van der Waals surface area contributed by atoms with Crippen LogP contribution in [0.3, 0.4) is 0 Å². The summed E-state index contributed by atoms with van der Waals surface area (Å²) >= 11 is 0. The Kier molecular flexibility index (Phi) is 3.73. The van der Waals surface area contributed by atoms with Gasteiger partial charge in [0.05, 0.1) is 13.1 Å². The Morgan fingerprint density at radius 1 is 1.12 bits per heavy atom. The molecule has 0 aliphatic carbocycles. The molecule has 1 aliphatic heterocycles. The molecule has 0 saturated carbocycles. The predicted molar refractivity (Wildman–Crippen MR) is 94.1 cm³/mol. The van der Waals surface area contributed by atoms with Crippen molar-refractivity contribution in [3.63, 3.8) is 0 Å². The van der Waals surface area contributed by atoms with Crippen LogP contribution >= 0.6 is 0 Å². The fraction of sp³-hybridized carbons (Fsp3) is 0.333. The minimum Gasteiger partial charge on any atom is -0.367 e. The molecule has 7 heteroatoms. The molecule has 7 nitrogen and oxygen atoms in total. The molecule has 0 unspecified atom stereocenters. The fourth-order valence-corrected chi connectivity index (χ4v) is 3.22. The molecule has 25 heavy (non-hydrogen) atoms. The van der Waals surface area contributed by atoms with E-state index in [1.54, 1.807) is 19.5 Å². The summed E-state index contributed by atoms with van der Waals surface area (Å²) in [6.45, 7) is 3.37. The van der Waals surface area contributed by atoms with Crippen molar-refractivity contribution in [2.75, 3.05) is 25.1 Å². The number of hydrogen-bond donors (Lipinski definition) is 0. The van der Waals surface area contributed by atoms with Crippen LogP contribution in [0.2, 0.25) is 0 Å². The molecule has 0 aromatic carbocycles. The van der Waals surface area contributed by atoms with Gasteiger partial charge in [-0.25, -0.2) is 15.0 Å². The highest BCUT2D eigenvalue weighted by molar-refractivity contribution is 5.55. The summed E-state index contributed by atoms with van der Waals surface area (Å²) in [5.74, 6) is 2.46. The molecular weight excluding hydrogens is 316 g/mol. The van der Waals surface area contributed by atoms with Crippen molar-refractivity contribution in [2.45, 2.75) is 12.5 Å². The zero-order chi connectivity index (χ0) is 17.4. The van der Waals surface area contributed by atoms with Crippen LogP contribution < -0.4 is 4.90 Å². The highest BCUT2D eigenvalue weighted by atomic mass is 16.5. The lowest BCUT2D eigenvalue weighted by atomic mass is 9.92. The first-order valence-electron chi connectivity index (χ1n) is 8.16. The van der Waals surface area contributed by atoms with Crippen molar-refractivity contribution < 1.29 is 4.74 Å². The van der Waals surface area contributed by atoms with E-state index in [4.69, 9.17) is 9.72 Å². The molecule has 0 N–H and O–H groups in total. The molecule has 1 aliphatic rings. The van der Waals surface area contributed by atoms with Gasteiger partial charge in [0, 0.05) is 44.5 Å². The van der Waals surface area contributed by atoms with E-state index in [9.17, 15) is 0 Å². The van der Waals surface area contributed by atoms with Gasteiger partial charge < -0.3 is 14.2 Å². The van der Waals surface area contributed by atoms with Crippen LogP contribution in [0.15, 0.2) is 42.9 Å². The fourth-order valence-electron chi connectivity index (χ4n) is 3.22. The zero-order valence-electron chi connectivity index (χ0n) is 14.5. The molecule has 1 fully saturated rings. The number of aryl methyl sites for hydroxylation is 2. The lowest BCUT2D eigenvalue weighted by Crippen LogP contribution is -2.62. The maximum absolute atomic E-state index is 5.82. The third-order valence-corrected chi connectivity index (χ3v) is 4.57. The number of methoxy groups -OCH3 is 1. The Morgan fingerprint density at radius 2 is 1.96 bits per heavy atom. The van der Waals surface area contributed by atoms with Crippen molar-refractivity contribution in [3.8, 4) is 11.5 Å². The van der Waals surface area contributed by atoms with Gasteiger partial charge in [-0.1, -0.05) is 6.07 Å². The highest BCUT2D eigenvalue weighted by Crippen LogP contribution is 2.37. The Balaban J connectivity index is 1.62. The van der Waals surface area contributed by atoms with Gasteiger partial charge in [-0.2, -0.15) is 0 Å². The van der Waals surface area contributed by atoms with E-state index in [-0.39, 0.29) is 0 Å². The van der Waals surface area contributed by atoms with Crippen LogP contribution in [0.1, 0.15) is 11.5 Å². The van der Waals surface area contributed by atoms with Gasteiger partial charge in [-0.15, -0.1) is 0 Å². The van der Waals surface area contributed by atoms with E-state index in [2.05, 4.69) is 19.9 Å². The molecule has 0 amide bonds. The Labute approximate surface area is 146 Å². The van der Waals surface area contributed by atoms with Crippen LogP contribution in [0.5, 0.6) is 0 Å². The minimum atomic E-state index is -0.401. The van der Waals surface area contributed by atoms with E-state index in [1.807, 2.05) is 49.0 Å². The Hall–Kier alpha value is -2.80. The number of rotatable bonds is 4. The molecule has 128 valence electrons. The summed E-state index contributed by atoms with van der Waals surface area (Å²) in [5.41, 5.74) is 1.29.